The molecule has 2 heterocycles. The lowest BCUT2D eigenvalue weighted by atomic mass is 10.1. The van der Waals surface area contributed by atoms with Gasteiger partial charge in [0.2, 0.25) is 18.6 Å². The maximum absolute atomic E-state index is 13.7. The van der Waals surface area contributed by atoms with Crippen LogP contribution in [-0.2, 0) is 33.8 Å². The molecule has 1 aliphatic heterocycles. The summed E-state index contributed by atoms with van der Waals surface area (Å²) in [6.07, 6.45) is 0.933. The van der Waals surface area contributed by atoms with Crippen molar-refractivity contribution in [3.63, 3.8) is 0 Å². The lowest BCUT2D eigenvalue weighted by Crippen LogP contribution is -2.43. The summed E-state index contributed by atoms with van der Waals surface area (Å²) < 4.78 is 16.4. The largest absolute Gasteiger partial charge is 0.454 e. The molecular formula is C29H34N2O5S. The molecular weight excluding hydrogens is 488 g/mol. The molecule has 2 amide bonds. The average molecular weight is 523 g/mol. The monoisotopic (exact) mass is 522 g/mol. The van der Waals surface area contributed by atoms with Crippen molar-refractivity contribution in [2.75, 3.05) is 33.1 Å². The molecule has 0 saturated carbocycles. The molecule has 7 nitrogen and oxygen atoms in total. The Morgan fingerprint density at radius 3 is 2.51 bits per heavy atom. The number of rotatable bonds is 13. The first-order valence-electron chi connectivity index (χ1n) is 12.6. The quantitative estimate of drug-likeness (QED) is 0.301. The Kier molecular flexibility index (Phi) is 9.57. The summed E-state index contributed by atoms with van der Waals surface area (Å²) in [7, 11) is 0. The van der Waals surface area contributed by atoms with Crippen LogP contribution in [-0.4, -0.2) is 54.7 Å². The highest BCUT2D eigenvalue weighted by molar-refractivity contribution is 7.10. The number of hydrogen-bond acceptors (Lipinski definition) is 6. The maximum atomic E-state index is 13.7. The Bertz CT molecular complexity index is 1180. The second-order valence-corrected chi connectivity index (χ2v) is 9.99. The summed E-state index contributed by atoms with van der Waals surface area (Å²) in [5.74, 6) is 1.24. The predicted molar refractivity (Wildman–Crippen MR) is 144 cm³/mol. The zero-order valence-electron chi connectivity index (χ0n) is 21.5. The number of carbonyl (C=O) groups is 2. The van der Waals surface area contributed by atoms with Crippen molar-refractivity contribution in [1.82, 2.24) is 9.80 Å². The highest BCUT2D eigenvalue weighted by Crippen LogP contribution is 2.33. The van der Waals surface area contributed by atoms with Gasteiger partial charge in [-0.3, -0.25) is 9.59 Å². The van der Waals surface area contributed by atoms with E-state index in [4.69, 9.17) is 14.2 Å². The molecule has 4 rings (SSSR count). The third kappa shape index (κ3) is 7.57. The second-order valence-electron chi connectivity index (χ2n) is 8.99. The molecule has 0 bridgehead atoms. The zero-order valence-corrected chi connectivity index (χ0v) is 22.3. The van der Waals surface area contributed by atoms with E-state index in [1.807, 2.05) is 65.7 Å². The zero-order chi connectivity index (χ0) is 26.0. The van der Waals surface area contributed by atoms with Gasteiger partial charge in [-0.15, -0.1) is 11.3 Å². The standard InChI is InChI=1S/C29H34N2O5S/c1-3-34-14-7-13-30(28(32)17-23-8-5-4-6-9-23)20-29(33)31(19-27-22(2)12-15-37-27)18-24-10-11-25-26(16-24)36-21-35-25/h4-6,8-12,15-16H,3,7,13-14,17-21H2,1-2H3. The molecule has 1 aliphatic rings. The summed E-state index contributed by atoms with van der Waals surface area (Å²) in [5, 5.41) is 2.04. The molecule has 8 heteroatoms. The average Bonchev–Trinajstić information content (AvgIpc) is 3.54. The lowest BCUT2D eigenvalue weighted by Gasteiger charge is -2.28. The molecule has 0 fully saturated rings. The molecule has 37 heavy (non-hydrogen) atoms. The number of fused-ring (bicyclic) bond motifs is 1. The van der Waals surface area contributed by atoms with Gasteiger partial charge in [0, 0.05) is 31.2 Å². The van der Waals surface area contributed by atoms with Crippen LogP contribution in [0.2, 0.25) is 0 Å². The third-order valence-corrected chi connectivity index (χ3v) is 7.27. The van der Waals surface area contributed by atoms with Gasteiger partial charge in [0.1, 0.15) is 0 Å². The number of benzene rings is 2. The number of nitrogens with zero attached hydrogens (tertiary/aromatic N) is 2. The van der Waals surface area contributed by atoms with E-state index < -0.39 is 0 Å². The molecule has 1 aromatic heterocycles. The van der Waals surface area contributed by atoms with Crippen LogP contribution in [0, 0.1) is 6.92 Å². The summed E-state index contributed by atoms with van der Waals surface area (Å²) in [4.78, 5) is 31.6. The van der Waals surface area contributed by atoms with Crippen LogP contribution in [0.15, 0.2) is 60.0 Å². The van der Waals surface area contributed by atoms with Gasteiger partial charge in [-0.1, -0.05) is 36.4 Å². The summed E-state index contributed by atoms with van der Waals surface area (Å²) in [6.45, 7) is 6.76. The second kappa shape index (κ2) is 13.3. The highest BCUT2D eigenvalue weighted by atomic mass is 32.1. The van der Waals surface area contributed by atoms with Crippen molar-refractivity contribution in [2.24, 2.45) is 0 Å². The third-order valence-electron chi connectivity index (χ3n) is 6.26. The van der Waals surface area contributed by atoms with Gasteiger partial charge >= 0.3 is 0 Å². The number of thiophene rings is 1. The van der Waals surface area contributed by atoms with Crippen LogP contribution in [0.1, 0.15) is 34.9 Å². The molecule has 2 aromatic carbocycles. The summed E-state index contributed by atoms with van der Waals surface area (Å²) in [6, 6.07) is 17.4. The predicted octanol–water partition coefficient (Wildman–Crippen LogP) is 4.81. The summed E-state index contributed by atoms with van der Waals surface area (Å²) in [5.41, 5.74) is 3.04. The van der Waals surface area contributed by atoms with Crippen molar-refractivity contribution < 1.29 is 23.8 Å². The van der Waals surface area contributed by atoms with Crippen molar-refractivity contribution in [3.05, 3.63) is 81.5 Å². The Hall–Kier alpha value is -3.36. The van der Waals surface area contributed by atoms with E-state index in [1.165, 1.54) is 0 Å². The fourth-order valence-corrected chi connectivity index (χ4v) is 5.09. The van der Waals surface area contributed by atoms with Crippen molar-refractivity contribution >= 4 is 23.2 Å². The molecule has 0 saturated heterocycles. The normalized spacial score (nSPS) is 11.9. The molecule has 0 unspecified atom stereocenters. The van der Waals surface area contributed by atoms with E-state index in [0.29, 0.717) is 50.8 Å². The number of aryl methyl sites for hydroxylation is 1. The van der Waals surface area contributed by atoms with E-state index in [0.717, 1.165) is 21.6 Å². The van der Waals surface area contributed by atoms with Crippen LogP contribution in [0.4, 0.5) is 0 Å². The van der Waals surface area contributed by atoms with Crippen molar-refractivity contribution in [1.29, 1.82) is 0 Å². The van der Waals surface area contributed by atoms with E-state index >= 15 is 0 Å². The maximum Gasteiger partial charge on any atom is 0.242 e. The van der Waals surface area contributed by atoms with Gasteiger partial charge in [-0.25, -0.2) is 0 Å². The van der Waals surface area contributed by atoms with Crippen LogP contribution >= 0.6 is 11.3 Å². The Morgan fingerprint density at radius 1 is 0.946 bits per heavy atom. The van der Waals surface area contributed by atoms with Crippen LogP contribution in [0.5, 0.6) is 11.5 Å². The highest BCUT2D eigenvalue weighted by Gasteiger charge is 2.23. The minimum absolute atomic E-state index is 0.0206. The molecule has 0 N–H and O–H groups in total. The molecule has 0 radical (unpaired) electrons. The number of hydrogen-bond donors (Lipinski definition) is 0. The van der Waals surface area contributed by atoms with Gasteiger partial charge in [-0.05, 0) is 60.5 Å². The Balaban J connectivity index is 1.50. The van der Waals surface area contributed by atoms with E-state index in [1.54, 1.807) is 16.2 Å². The molecule has 3 aromatic rings. The first-order valence-corrected chi connectivity index (χ1v) is 13.5. The minimum Gasteiger partial charge on any atom is -0.454 e. The van der Waals surface area contributed by atoms with Gasteiger partial charge < -0.3 is 24.0 Å². The van der Waals surface area contributed by atoms with Crippen LogP contribution in [0.3, 0.4) is 0 Å². The number of carbonyl (C=O) groups excluding carboxylic acids is 2. The molecule has 0 aliphatic carbocycles. The van der Waals surface area contributed by atoms with Crippen molar-refractivity contribution in [3.8, 4) is 11.5 Å². The molecule has 0 atom stereocenters. The van der Waals surface area contributed by atoms with Gasteiger partial charge in [-0.2, -0.15) is 0 Å². The van der Waals surface area contributed by atoms with Gasteiger partial charge in [0.15, 0.2) is 11.5 Å². The first kappa shape index (κ1) is 26.7. The van der Waals surface area contributed by atoms with Crippen LogP contribution < -0.4 is 9.47 Å². The summed E-state index contributed by atoms with van der Waals surface area (Å²) >= 11 is 1.64. The van der Waals surface area contributed by atoms with E-state index in [9.17, 15) is 9.59 Å². The lowest BCUT2D eigenvalue weighted by molar-refractivity contribution is -0.141. The molecule has 196 valence electrons. The van der Waals surface area contributed by atoms with E-state index in [2.05, 4.69) is 13.0 Å². The fraction of sp³-hybridized carbons (Fsp3) is 0.379. The minimum atomic E-state index is -0.0942. The first-order chi connectivity index (χ1) is 18.0. The van der Waals surface area contributed by atoms with Gasteiger partial charge in [0.25, 0.3) is 0 Å². The topological polar surface area (TPSA) is 68.3 Å². The van der Waals surface area contributed by atoms with Crippen LogP contribution in [0.25, 0.3) is 0 Å². The smallest absolute Gasteiger partial charge is 0.242 e. The van der Waals surface area contributed by atoms with Gasteiger partial charge in [0.05, 0.1) is 19.5 Å². The van der Waals surface area contributed by atoms with E-state index in [-0.39, 0.29) is 31.6 Å². The fourth-order valence-electron chi connectivity index (χ4n) is 4.17. The number of ether oxygens (including phenoxy) is 3. The SMILES string of the molecule is CCOCCCN(CC(=O)N(Cc1ccc2c(c1)OCO2)Cc1sccc1C)C(=O)Cc1ccccc1. The van der Waals surface area contributed by atoms with Crippen molar-refractivity contribution in [2.45, 2.75) is 39.8 Å². The Morgan fingerprint density at radius 2 is 1.76 bits per heavy atom. The molecule has 0 spiro atoms. The number of amides is 2. The Labute approximate surface area is 222 Å².